The average molecular weight is 282 g/mol. The van der Waals surface area contributed by atoms with E-state index >= 15 is 0 Å². The highest BCUT2D eigenvalue weighted by Crippen LogP contribution is 2.41. The predicted octanol–water partition coefficient (Wildman–Crippen LogP) is 2.16. The molecule has 5 heteroatoms. The lowest BCUT2D eigenvalue weighted by Crippen LogP contribution is -2.54. The number of nitrogens with one attached hydrogen (secondary N) is 1. The number of hydrogen-bond donors (Lipinski definition) is 1. The second-order valence-electron chi connectivity index (χ2n) is 6.45. The fourth-order valence-electron chi connectivity index (χ4n) is 3.78. The van der Waals surface area contributed by atoms with Crippen LogP contribution in [0.5, 0.6) is 0 Å². The third-order valence-corrected chi connectivity index (χ3v) is 4.74. The van der Waals surface area contributed by atoms with Gasteiger partial charge in [-0.1, -0.05) is 20.3 Å². The van der Waals surface area contributed by atoms with E-state index in [0.717, 1.165) is 12.8 Å². The number of nitrogens with zero attached hydrogens (tertiary/aromatic N) is 1. The SMILES string of the molecule is COC(=O)N[C@H](C(=O)N1[C@H](C)C[C@@H]2CCC[C@@H]21)C(C)C. The fraction of sp³-hybridized carbons (Fsp3) is 0.867. The van der Waals surface area contributed by atoms with Crippen LogP contribution in [-0.4, -0.2) is 42.1 Å². The first-order chi connectivity index (χ1) is 9.45. The Labute approximate surface area is 121 Å². The maximum absolute atomic E-state index is 12.8. The lowest BCUT2D eigenvalue weighted by atomic mass is 10.0. The molecule has 1 saturated heterocycles. The molecular weight excluding hydrogens is 256 g/mol. The Hall–Kier alpha value is -1.26. The molecule has 1 saturated carbocycles. The number of fused-ring (bicyclic) bond motifs is 1. The van der Waals surface area contributed by atoms with Gasteiger partial charge in [0.15, 0.2) is 0 Å². The largest absolute Gasteiger partial charge is 0.453 e. The topological polar surface area (TPSA) is 58.6 Å². The summed E-state index contributed by atoms with van der Waals surface area (Å²) >= 11 is 0. The summed E-state index contributed by atoms with van der Waals surface area (Å²) in [5.41, 5.74) is 0. The van der Waals surface area contributed by atoms with Gasteiger partial charge in [0.1, 0.15) is 6.04 Å². The molecule has 4 atom stereocenters. The van der Waals surface area contributed by atoms with Crippen LogP contribution >= 0.6 is 0 Å². The van der Waals surface area contributed by atoms with Gasteiger partial charge in [-0.05, 0) is 38.0 Å². The highest BCUT2D eigenvalue weighted by Gasteiger charge is 2.46. The molecule has 2 amide bonds. The number of ether oxygens (including phenoxy) is 1. The molecule has 0 radical (unpaired) electrons. The Morgan fingerprint density at radius 1 is 1.30 bits per heavy atom. The minimum Gasteiger partial charge on any atom is -0.453 e. The van der Waals surface area contributed by atoms with Crippen molar-refractivity contribution in [3.63, 3.8) is 0 Å². The Morgan fingerprint density at radius 3 is 2.60 bits per heavy atom. The third-order valence-electron chi connectivity index (χ3n) is 4.74. The molecule has 2 rings (SSSR count). The summed E-state index contributed by atoms with van der Waals surface area (Å²) in [4.78, 5) is 26.3. The summed E-state index contributed by atoms with van der Waals surface area (Å²) < 4.78 is 4.64. The van der Waals surface area contributed by atoms with Crippen LogP contribution in [0.3, 0.4) is 0 Å². The smallest absolute Gasteiger partial charge is 0.407 e. The number of carbonyl (C=O) groups excluding carboxylic acids is 2. The lowest BCUT2D eigenvalue weighted by Gasteiger charge is -2.33. The van der Waals surface area contributed by atoms with Crippen LogP contribution in [0.2, 0.25) is 0 Å². The Kier molecular flexibility index (Phi) is 4.55. The van der Waals surface area contributed by atoms with E-state index in [1.165, 1.54) is 20.0 Å². The van der Waals surface area contributed by atoms with Gasteiger partial charge in [-0.25, -0.2) is 4.79 Å². The van der Waals surface area contributed by atoms with Crippen molar-refractivity contribution in [2.75, 3.05) is 7.11 Å². The zero-order valence-electron chi connectivity index (χ0n) is 12.9. The summed E-state index contributed by atoms with van der Waals surface area (Å²) in [6, 6.07) is 0.154. The van der Waals surface area contributed by atoms with E-state index in [1.807, 2.05) is 18.7 Å². The zero-order chi connectivity index (χ0) is 14.9. The van der Waals surface area contributed by atoms with E-state index in [4.69, 9.17) is 0 Å². The van der Waals surface area contributed by atoms with Gasteiger partial charge in [-0.15, -0.1) is 0 Å². The number of amides is 2. The summed E-state index contributed by atoms with van der Waals surface area (Å²) in [5, 5.41) is 2.69. The van der Waals surface area contributed by atoms with Crippen molar-refractivity contribution in [1.29, 1.82) is 0 Å². The zero-order valence-corrected chi connectivity index (χ0v) is 12.9. The van der Waals surface area contributed by atoms with E-state index in [2.05, 4.69) is 17.0 Å². The van der Waals surface area contributed by atoms with Crippen LogP contribution in [0.25, 0.3) is 0 Å². The molecule has 114 valence electrons. The molecule has 1 heterocycles. The molecule has 1 N–H and O–H groups in total. The summed E-state index contributed by atoms with van der Waals surface area (Å²) in [5.74, 6) is 0.751. The van der Waals surface area contributed by atoms with E-state index in [9.17, 15) is 9.59 Å². The first-order valence-electron chi connectivity index (χ1n) is 7.62. The molecule has 1 aliphatic heterocycles. The van der Waals surface area contributed by atoms with Gasteiger partial charge < -0.3 is 15.0 Å². The molecule has 0 aromatic heterocycles. The van der Waals surface area contributed by atoms with Crippen molar-refractivity contribution >= 4 is 12.0 Å². The van der Waals surface area contributed by atoms with Crippen molar-refractivity contribution in [3.8, 4) is 0 Å². The summed E-state index contributed by atoms with van der Waals surface area (Å²) in [6.45, 7) is 6.02. The molecule has 2 fully saturated rings. The van der Waals surface area contributed by atoms with Crippen LogP contribution in [0.1, 0.15) is 46.5 Å². The Bertz CT molecular complexity index is 383. The Morgan fingerprint density at radius 2 is 2.00 bits per heavy atom. The van der Waals surface area contributed by atoms with Gasteiger partial charge in [0, 0.05) is 12.1 Å². The fourth-order valence-corrected chi connectivity index (χ4v) is 3.78. The summed E-state index contributed by atoms with van der Waals surface area (Å²) in [6.07, 6.45) is 4.10. The van der Waals surface area contributed by atoms with Crippen LogP contribution in [0.15, 0.2) is 0 Å². The first-order valence-corrected chi connectivity index (χ1v) is 7.62. The van der Waals surface area contributed by atoms with E-state index < -0.39 is 12.1 Å². The molecule has 0 aromatic carbocycles. The van der Waals surface area contributed by atoms with E-state index in [0.29, 0.717) is 12.0 Å². The first kappa shape index (κ1) is 15.1. The number of carbonyl (C=O) groups is 2. The van der Waals surface area contributed by atoms with Gasteiger partial charge in [0.25, 0.3) is 0 Å². The van der Waals surface area contributed by atoms with Crippen LogP contribution in [0, 0.1) is 11.8 Å². The number of alkyl carbamates (subject to hydrolysis) is 1. The normalized spacial score (nSPS) is 30.2. The maximum atomic E-state index is 12.8. The van der Waals surface area contributed by atoms with Gasteiger partial charge in [0.05, 0.1) is 7.11 Å². The lowest BCUT2D eigenvalue weighted by molar-refractivity contribution is -0.137. The van der Waals surface area contributed by atoms with Crippen molar-refractivity contribution in [3.05, 3.63) is 0 Å². The number of hydrogen-bond acceptors (Lipinski definition) is 3. The van der Waals surface area contributed by atoms with Crippen LogP contribution in [0.4, 0.5) is 4.79 Å². The molecule has 0 bridgehead atoms. The minimum absolute atomic E-state index is 0.0484. The second kappa shape index (κ2) is 6.02. The Balaban J connectivity index is 2.12. The van der Waals surface area contributed by atoms with Crippen molar-refractivity contribution in [2.24, 2.45) is 11.8 Å². The van der Waals surface area contributed by atoms with Crippen molar-refractivity contribution in [1.82, 2.24) is 10.2 Å². The number of methoxy groups -OCH3 is 1. The number of rotatable bonds is 3. The third kappa shape index (κ3) is 2.76. The van der Waals surface area contributed by atoms with Crippen LogP contribution < -0.4 is 5.32 Å². The molecule has 5 nitrogen and oxygen atoms in total. The molecule has 0 unspecified atom stereocenters. The van der Waals surface area contributed by atoms with Crippen molar-refractivity contribution in [2.45, 2.75) is 64.6 Å². The van der Waals surface area contributed by atoms with Gasteiger partial charge in [-0.3, -0.25) is 4.79 Å². The molecule has 1 aliphatic carbocycles. The highest BCUT2D eigenvalue weighted by atomic mass is 16.5. The quantitative estimate of drug-likeness (QED) is 0.863. The molecule has 0 spiro atoms. The van der Waals surface area contributed by atoms with Crippen molar-refractivity contribution < 1.29 is 14.3 Å². The van der Waals surface area contributed by atoms with Gasteiger partial charge >= 0.3 is 6.09 Å². The highest BCUT2D eigenvalue weighted by molar-refractivity contribution is 5.86. The average Bonchev–Trinajstić information content (AvgIpc) is 2.94. The van der Waals surface area contributed by atoms with E-state index in [1.54, 1.807) is 0 Å². The molecule has 20 heavy (non-hydrogen) atoms. The predicted molar refractivity (Wildman–Crippen MR) is 76.2 cm³/mol. The maximum Gasteiger partial charge on any atom is 0.407 e. The number of likely N-dealkylation sites (tertiary alicyclic amines) is 1. The van der Waals surface area contributed by atoms with Crippen LogP contribution in [-0.2, 0) is 9.53 Å². The summed E-state index contributed by atoms with van der Waals surface area (Å²) in [7, 11) is 1.32. The molecular formula is C15H26N2O3. The van der Waals surface area contributed by atoms with Gasteiger partial charge in [-0.2, -0.15) is 0 Å². The standard InChI is InChI=1S/C15H26N2O3/c1-9(2)13(16-15(19)20-4)14(18)17-10(3)8-11-6-5-7-12(11)17/h9-13H,5-8H2,1-4H3,(H,16,19)/t10-,11+,12+,13+/m1/s1. The minimum atomic E-state index is -0.535. The molecule has 0 aromatic rings. The van der Waals surface area contributed by atoms with E-state index in [-0.39, 0.29) is 17.9 Å². The van der Waals surface area contributed by atoms with Gasteiger partial charge in [0.2, 0.25) is 5.91 Å². The second-order valence-corrected chi connectivity index (χ2v) is 6.45. The monoisotopic (exact) mass is 282 g/mol. The molecule has 2 aliphatic rings.